The van der Waals surface area contributed by atoms with Crippen molar-refractivity contribution in [3.05, 3.63) is 72.8 Å². The predicted molar refractivity (Wildman–Crippen MR) is 103 cm³/mol. The molecule has 2 nitrogen and oxygen atoms in total. The summed E-state index contributed by atoms with van der Waals surface area (Å²) in [7, 11) is 0. The minimum Gasteiger partial charge on any atom is -0.354 e. The normalized spacial score (nSPS) is 12.2. The fourth-order valence-electron chi connectivity index (χ4n) is 3.99. The van der Waals surface area contributed by atoms with Gasteiger partial charge >= 0.3 is 0 Å². The second-order valence-electron chi connectivity index (χ2n) is 6.45. The quantitative estimate of drug-likeness (QED) is 0.339. The largest absolute Gasteiger partial charge is 0.354 e. The molecule has 0 atom stereocenters. The van der Waals surface area contributed by atoms with Crippen LogP contribution in [0, 0.1) is 0 Å². The van der Waals surface area contributed by atoms with Crippen LogP contribution in [0.5, 0.6) is 0 Å². The van der Waals surface area contributed by atoms with E-state index in [4.69, 9.17) is 0 Å². The van der Waals surface area contributed by atoms with E-state index in [1.807, 2.05) is 0 Å². The molecule has 2 aromatic heterocycles. The van der Waals surface area contributed by atoms with Gasteiger partial charge in [-0.05, 0) is 23.6 Å². The molecule has 24 heavy (non-hydrogen) atoms. The Bertz CT molecular complexity index is 1390. The van der Waals surface area contributed by atoms with Crippen molar-refractivity contribution in [2.24, 2.45) is 0 Å². The third-order valence-corrected chi connectivity index (χ3v) is 5.12. The summed E-state index contributed by atoms with van der Waals surface area (Å²) in [6, 6.07) is 26.0. The Kier molecular flexibility index (Phi) is 2.12. The highest BCUT2D eigenvalue weighted by molar-refractivity contribution is 6.21. The molecular weight excluding hydrogens is 292 g/mol. The molecule has 0 radical (unpaired) electrons. The fraction of sp³-hybridized carbons (Fsp3) is 0. The Morgan fingerprint density at radius 3 is 2.08 bits per heavy atom. The molecule has 0 bridgehead atoms. The highest BCUT2D eigenvalue weighted by atomic mass is 14.7. The van der Waals surface area contributed by atoms with Crippen LogP contribution in [0.2, 0.25) is 0 Å². The first-order valence-corrected chi connectivity index (χ1v) is 8.22. The minimum absolute atomic E-state index is 1.19. The zero-order valence-electron chi connectivity index (χ0n) is 12.9. The molecule has 0 aliphatic heterocycles. The van der Waals surface area contributed by atoms with Crippen molar-refractivity contribution in [1.29, 1.82) is 0 Å². The van der Waals surface area contributed by atoms with Gasteiger partial charge in [0.05, 0.1) is 5.52 Å². The van der Waals surface area contributed by atoms with Crippen LogP contribution in [0.3, 0.4) is 0 Å². The van der Waals surface area contributed by atoms with Crippen LogP contribution < -0.4 is 0 Å². The lowest BCUT2D eigenvalue weighted by Gasteiger charge is -1.98. The molecule has 0 aliphatic carbocycles. The summed E-state index contributed by atoms with van der Waals surface area (Å²) in [4.78, 5) is 7.20. The van der Waals surface area contributed by atoms with Gasteiger partial charge in [-0.25, -0.2) is 0 Å². The van der Waals surface area contributed by atoms with Crippen LogP contribution in [0.1, 0.15) is 0 Å². The Hall–Kier alpha value is -3.26. The number of nitrogens with one attached hydrogen (secondary N) is 2. The topological polar surface area (TPSA) is 31.6 Å². The van der Waals surface area contributed by atoms with Gasteiger partial charge in [-0.3, -0.25) is 0 Å². The minimum atomic E-state index is 1.19. The van der Waals surface area contributed by atoms with Crippen molar-refractivity contribution in [2.45, 2.75) is 0 Å². The molecule has 2 heteroatoms. The summed E-state index contributed by atoms with van der Waals surface area (Å²) in [5.41, 5.74) is 4.80. The van der Waals surface area contributed by atoms with Gasteiger partial charge in [-0.2, -0.15) is 0 Å². The number of benzene rings is 4. The van der Waals surface area contributed by atoms with Crippen molar-refractivity contribution >= 4 is 54.4 Å². The summed E-state index contributed by atoms with van der Waals surface area (Å²) in [6.07, 6.45) is 0. The number of aromatic nitrogens is 2. The highest BCUT2D eigenvalue weighted by Gasteiger charge is 2.11. The van der Waals surface area contributed by atoms with Gasteiger partial charge in [0, 0.05) is 43.5 Å². The standard InChI is InChI=1S/C22H14N2/c1-2-6-14-13(5-1)9-10-16-18-12-20-17(11-21(18)24-22(14)16)15-7-3-4-8-19(15)23-20/h1-12,23-24H. The number of para-hydroxylation sites is 1. The van der Waals surface area contributed by atoms with E-state index in [9.17, 15) is 0 Å². The van der Waals surface area contributed by atoms with E-state index >= 15 is 0 Å². The number of rotatable bonds is 0. The molecule has 0 saturated carbocycles. The first-order valence-electron chi connectivity index (χ1n) is 8.22. The third kappa shape index (κ3) is 1.45. The van der Waals surface area contributed by atoms with Gasteiger partial charge in [-0.15, -0.1) is 0 Å². The zero-order chi connectivity index (χ0) is 15.7. The van der Waals surface area contributed by atoms with Crippen molar-refractivity contribution in [1.82, 2.24) is 9.97 Å². The molecule has 0 unspecified atom stereocenters. The molecular formula is C22H14N2. The summed E-state index contributed by atoms with van der Waals surface area (Å²) in [6.45, 7) is 0. The van der Waals surface area contributed by atoms with Crippen molar-refractivity contribution < 1.29 is 0 Å². The van der Waals surface area contributed by atoms with E-state index in [0.29, 0.717) is 0 Å². The fourth-order valence-corrected chi connectivity index (χ4v) is 3.99. The molecule has 0 amide bonds. The monoisotopic (exact) mass is 306 g/mol. The van der Waals surface area contributed by atoms with Crippen LogP contribution in [0.4, 0.5) is 0 Å². The van der Waals surface area contributed by atoms with Crippen LogP contribution in [0.25, 0.3) is 54.4 Å². The van der Waals surface area contributed by atoms with E-state index in [1.54, 1.807) is 0 Å². The molecule has 2 heterocycles. The van der Waals surface area contributed by atoms with Gasteiger partial charge in [0.1, 0.15) is 0 Å². The SMILES string of the molecule is c1ccc2c(c1)ccc1c3cc4[nH]c5ccccc5c4cc3[nH]c21. The highest BCUT2D eigenvalue weighted by Crippen LogP contribution is 2.35. The molecule has 6 rings (SSSR count). The van der Waals surface area contributed by atoms with E-state index in [1.165, 1.54) is 54.4 Å². The van der Waals surface area contributed by atoms with Crippen LogP contribution >= 0.6 is 0 Å². The summed E-state index contributed by atoms with van der Waals surface area (Å²) >= 11 is 0. The Balaban J connectivity index is 1.84. The lowest BCUT2D eigenvalue weighted by atomic mass is 10.0. The van der Waals surface area contributed by atoms with Gasteiger partial charge in [0.25, 0.3) is 0 Å². The molecule has 0 fully saturated rings. The van der Waals surface area contributed by atoms with Crippen molar-refractivity contribution in [3.63, 3.8) is 0 Å². The first-order chi connectivity index (χ1) is 11.9. The Labute approximate surface area is 137 Å². The van der Waals surface area contributed by atoms with Crippen LogP contribution in [-0.2, 0) is 0 Å². The maximum absolute atomic E-state index is 3.65. The second-order valence-corrected chi connectivity index (χ2v) is 6.45. The maximum Gasteiger partial charge on any atom is 0.0544 e. The third-order valence-electron chi connectivity index (χ3n) is 5.12. The lowest BCUT2D eigenvalue weighted by molar-refractivity contribution is 1.55. The van der Waals surface area contributed by atoms with Crippen LogP contribution in [-0.4, -0.2) is 9.97 Å². The van der Waals surface area contributed by atoms with E-state index in [0.717, 1.165) is 0 Å². The van der Waals surface area contributed by atoms with E-state index in [-0.39, 0.29) is 0 Å². The molecule has 0 spiro atoms. The van der Waals surface area contributed by atoms with E-state index < -0.39 is 0 Å². The van der Waals surface area contributed by atoms with Gasteiger partial charge in [0.15, 0.2) is 0 Å². The molecule has 0 saturated heterocycles. The lowest BCUT2D eigenvalue weighted by Crippen LogP contribution is -1.74. The number of hydrogen-bond acceptors (Lipinski definition) is 0. The summed E-state index contributed by atoms with van der Waals surface area (Å²) in [5.74, 6) is 0. The van der Waals surface area contributed by atoms with Crippen LogP contribution in [0.15, 0.2) is 72.8 Å². The van der Waals surface area contributed by atoms with E-state index in [2.05, 4.69) is 82.8 Å². The van der Waals surface area contributed by atoms with Gasteiger partial charge < -0.3 is 9.97 Å². The summed E-state index contributed by atoms with van der Waals surface area (Å²) in [5, 5.41) is 7.65. The van der Waals surface area contributed by atoms with Gasteiger partial charge in [0.2, 0.25) is 0 Å². The summed E-state index contributed by atoms with van der Waals surface area (Å²) < 4.78 is 0. The zero-order valence-corrected chi connectivity index (χ0v) is 12.9. The predicted octanol–water partition coefficient (Wildman–Crippen LogP) is 6.11. The molecule has 0 aliphatic rings. The molecule has 4 aromatic carbocycles. The molecule has 2 N–H and O–H groups in total. The number of H-pyrrole nitrogens is 2. The van der Waals surface area contributed by atoms with Crippen molar-refractivity contribution in [3.8, 4) is 0 Å². The average Bonchev–Trinajstić information content (AvgIpc) is 3.17. The average molecular weight is 306 g/mol. The molecule has 6 aromatic rings. The second kappa shape index (κ2) is 4.18. The molecule has 112 valence electrons. The Morgan fingerprint density at radius 1 is 0.458 bits per heavy atom. The smallest absolute Gasteiger partial charge is 0.0544 e. The number of hydrogen-bond donors (Lipinski definition) is 2. The Morgan fingerprint density at radius 2 is 1.17 bits per heavy atom. The number of aromatic amines is 2. The van der Waals surface area contributed by atoms with Gasteiger partial charge in [-0.1, -0.05) is 54.6 Å². The maximum atomic E-state index is 3.65. The number of fused-ring (bicyclic) bond motifs is 8. The first kappa shape index (κ1) is 12.2. The van der Waals surface area contributed by atoms with Crippen molar-refractivity contribution in [2.75, 3.05) is 0 Å².